The van der Waals surface area contributed by atoms with Crippen molar-refractivity contribution >= 4 is 28.6 Å². The standard InChI is InChI=1S/C31H45N3O5S/c1-38-24-6-7-27-26(20-24)29(23(21-32-27)22-34-14-17-39-18-15-34)28(35)8-9-31(30(36)37)10-12-33(13-11-31)16-19-40-25-4-2-3-5-25/h6-7,20-21,25,28,35H,2-5,8-19,22H2,1H3,(H,36,37)/t28-/m1/s1. The molecular formula is C31H45N3O5S. The monoisotopic (exact) mass is 571 g/mol. The number of methoxy groups -OCH3 is 1. The molecule has 0 unspecified atom stereocenters. The van der Waals surface area contributed by atoms with Crippen molar-refractivity contribution in [3.63, 3.8) is 0 Å². The van der Waals surface area contributed by atoms with E-state index in [4.69, 9.17) is 9.47 Å². The molecule has 2 aromatic rings. The van der Waals surface area contributed by atoms with Crippen LogP contribution in [-0.2, 0) is 16.1 Å². The largest absolute Gasteiger partial charge is 0.497 e. The minimum atomic E-state index is -0.791. The van der Waals surface area contributed by atoms with Crippen LogP contribution in [0.4, 0.5) is 0 Å². The van der Waals surface area contributed by atoms with Crippen molar-refractivity contribution in [2.24, 2.45) is 5.41 Å². The second-order valence-corrected chi connectivity index (χ2v) is 13.1. The zero-order valence-electron chi connectivity index (χ0n) is 23.9. The Morgan fingerprint density at radius 1 is 1.18 bits per heavy atom. The fourth-order valence-electron chi connectivity index (χ4n) is 6.62. The van der Waals surface area contributed by atoms with Gasteiger partial charge in [0.15, 0.2) is 0 Å². The topological polar surface area (TPSA) is 95.4 Å². The number of morpholine rings is 1. The van der Waals surface area contributed by atoms with E-state index in [2.05, 4.69) is 26.5 Å². The number of piperidine rings is 1. The van der Waals surface area contributed by atoms with Crippen LogP contribution in [0, 0.1) is 5.41 Å². The fraction of sp³-hybridized carbons (Fsp3) is 0.677. The number of hydrogen-bond acceptors (Lipinski definition) is 8. The number of aliphatic hydroxyl groups is 1. The number of aliphatic hydroxyl groups excluding tert-OH is 1. The van der Waals surface area contributed by atoms with Gasteiger partial charge in [-0.25, -0.2) is 0 Å². The number of fused-ring (bicyclic) bond motifs is 1. The van der Waals surface area contributed by atoms with Gasteiger partial charge in [-0.1, -0.05) is 12.8 Å². The highest BCUT2D eigenvalue weighted by Crippen LogP contribution is 2.41. The van der Waals surface area contributed by atoms with Crippen molar-refractivity contribution in [2.75, 3.05) is 58.8 Å². The molecule has 3 aliphatic rings. The maximum Gasteiger partial charge on any atom is 0.309 e. The van der Waals surface area contributed by atoms with E-state index in [0.717, 1.165) is 65.8 Å². The Balaban J connectivity index is 1.27. The molecule has 3 heterocycles. The highest BCUT2D eigenvalue weighted by atomic mass is 32.2. The molecule has 3 fully saturated rings. The van der Waals surface area contributed by atoms with E-state index in [1.165, 1.54) is 25.7 Å². The maximum absolute atomic E-state index is 12.6. The first-order chi connectivity index (χ1) is 19.5. The summed E-state index contributed by atoms with van der Waals surface area (Å²) in [6, 6.07) is 5.74. The van der Waals surface area contributed by atoms with E-state index in [0.29, 0.717) is 51.2 Å². The Bertz CT molecular complexity index is 1130. The van der Waals surface area contributed by atoms with Crippen LogP contribution in [0.2, 0.25) is 0 Å². The molecule has 1 saturated carbocycles. The molecule has 5 rings (SSSR count). The van der Waals surface area contributed by atoms with E-state index >= 15 is 0 Å². The van der Waals surface area contributed by atoms with Gasteiger partial charge in [0.2, 0.25) is 0 Å². The van der Waals surface area contributed by atoms with Gasteiger partial charge in [0, 0.05) is 48.8 Å². The molecule has 1 aromatic heterocycles. The molecular weight excluding hydrogens is 526 g/mol. The third-order valence-electron chi connectivity index (χ3n) is 9.26. The molecule has 9 heteroatoms. The highest BCUT2D eigenvalue weighted by molar-refractivity contribution is 7.99. The van der Waals surface area contributed by atoms with Gasteiger partial charge in [0.1, 0.15) is 5.75 Å². The zero-order valence-corrected chi connectivity index (χ0v) is 24.7. The van der Waals surface area contributed by atoms with Gasteiger partial charge < -0.3 is 24.6 Å². The number of thioether (sulfide) groups is 1. The molecule has 2 N–H and O–H groups in total. The minimum Gasteiger partial charge on any atom is -0.497 e. The number of aliphatic carboxylic acids is 1. The summed E-state index contributed by atoms with van der Waals surface area (Å²) in [5.41, 5.74) is 1.84. The van der Waals surface area contributed by atoms with E-state index in [-0.39, 0.29) is 0 Å². The van der Waals surface area contributed by atoms with Crippen molar-refractivity contribution in [3.8, 4) is 5.75 Å². The molecule has 1 atom stereocenters. The van der Waals surface area contributed by atoms with Crippen LogP contribution in [0.3, 0.4) is 0 Å². The third kappa shape index (κ3) is 7.10. The second-order valence-electron chi connectivity index (χ2n) is 11.7. The summed E-state index contributed by atoms with van der Waals surface area (Å²) in [7, 11) is 1.64. The summed E-state index contributed by atoms with van der Waals surface area (Å²) in [5, 5.41) is 23.7. The second kappa shape index (κ2) is 13.8. The van der Waals surface area contributed by atoms with Gasteiger partial charge in [-0.2, -0.15) is 11.8 Å². The predicted octanol–water partition coefficient (Wildman–Crippen LogP) is 4.73. The van der Waals surface area contributed by atoms with E-state index in [1.807, 2.05) is 24.4 Å². The van der Waals surface area contributed by atoms with Gasteiger partial charge in [0.05, 0.1) is 37.4 Å². The summed E-state index contributed by atoms with van der Waals surface area (Å²) in [6.07, 6.45) is 8.64. The number of aromatic nitrogens is 1. The normalized spacial score (nSPS) is 21.6. The zero-order chi connectivity index (χ0) is 28.0. The van der Waals surface area contributed by atoms with E-state index < -0.39 is 17.5 Å². The van der Waals surface area contributed by atoms with Crippen LogP contribution in [-0.4, -0.2) is 95.0 Å². The number of rotatable bonds is 12. The number of carboxylic acids is 1. The van der Waals surface area contributed by atoms with E-state index in [9.17, 15) is 15.0 Å². The lowest BCUT2D eigenvalue weighted by atomic mass is 9.74. The van der Waals surface area contributed by atoms with Crippen LogP contribution in [0.15, 0.2) is 24.4 Å². The number of nitrogens with zero attached hydrogens (tertiary/aromatic N) is 3. The summed E-state index contributed by atoms with van der Waals surface area (Å²) in [5.74, 6) is 1.12. The van der Waals surface area contributed by atoms with Crippen molar-refractivity contribution < 1.29 is 24.5 Å². The summed E-state index contributed by atoms with van der Waals surface area (Å²) < 4.78 is 11.0. The number of likely N-dealkylation sites (tertiary alicyclic amines) is 1. The van der Waals surface area contributed by atoms with Crippen molar-refractivity contribution in [2.45, 2.75) is 69.3 Å². The van der Waals surface area contributed by atoms with Crippen molar-refractivity contribution in [3.05, 3.63) is 35.5 Å². The SMILES string of the molecule is COc1ccc2ncc(CN3CCOCC3)c([C@H](O)CCC3(C(=O)O)CCN(CCSC4CCCC4)CC3)c2c1. The number of benzene rings is 1. The first-order valence-corrected chi connectivity index (χ1v) is 16.0. The summed E-state index contributed by atoms with van der Waals surface area (Å²) in [4.78, 5) is 22.0. The molecule has 8 nitrogen and oxygen atoms in total. The van der Waals surface area contributed by atoms with Crippen LogP contribution in [0.25, 0.3) is 10.9 Å². The minimum absolute atomic E-state index is 0.399. The quantitative estimate of drug-likeness (QED) is 0.375. The average Bonchev–Trinajstić information content (AvgIpc) is 3.50. The van der Waals surface area contributed by atoms with Crippen LogP contribution >= 0.6 is 11.8 Å². The van der Waals surface area contributed by atoms with Gasteiger partial charge >= 0.3 is 5.97 Å². The molecule has 1 aliphatic carbocycles. The number of carbonyl (C=O) groups is 1. The van der Waals surface area contributed by atoms with E-state index in [1.54, 1.807) is 7.11 Å². The number of pyridine rings is 1. The fourth-order valence-corrected chi connectivity index (χ4v) is 7.98. The van der Waals surface area contributed by atoms with Gasteiger partial charge in [0.25, 0.3) is 0 Å². The number of carboxylic acid groups (broad SMARTS) is 1. The van der Waals surface area contributed by atoms with Crippen molar-refractivity contribution in [1.82, 2.24) is 14.8 Å². The average molecular weight is 572 g/mol. The first-order valence-electron chi connectivity index (χ1n) is 15.0. The Hall–Kier alpha value is -1.91. The lowest BCUT2D eigenvalue weighted by molar-refractivity contribution is -0.153. The Kier molecular flexibility index (Phi) is 10.2. The lowest BCUT2D eigenvalue weighted by Crippen LogP contribution is -2.45. The smallest absolute Gasteiger partial charge is 0.309 e. The predicted molar refractivity (Wildman–Crippen MR) is 159 cm³/mol. The number of hydrogen-bond donors (Lipinski definition) is 2. The highest BCUT2D eigenvalue weighted by Gasteiger charge is 2.41. The molecule has 0 radical (unpaired) electrons. The van der Waals surface area contributed by atoms with Gasteiger partial charge in [-0.3, -0.25) is 14.7 Å². The Morgan fingerprint density at radius 3 is 2.62 bits per heavy atom. The maximum atomic E-state index is 12.6. The van der Waals surface area contributed by atoms with Gasteiger partial charge in [-0.15, -0.1) is 0 Å². The lowest BCUT2D eigenvalue weighted by Gasteiger charge is -2.39. The third-order valence-corrected chi connectivity index (χ3v) is 10.6. The Morgan fingerprint density at radius 2 is 1.93 bits per heavy atom. The van der Waals surface area contributed by atoms with Crippen LogP contribution in [0.5, 0.6) is 5.75 Å². The Labute approximate surface area is 242 Å². The number of ether oxygens (including phenoxy) is 2. The molecule has 0 amide bonds. The molecule has 1 aromatic carbocycles. The molecule has 0 spiro atoms. The van der Waals surface area contributed by atoms with Crippen molar-refractivity contribution in [1.29, 1.82) is 0 Å². The summed E-state index contributed by atoms with van der Waals surface area (Å²) >= 11 is 2.10. The summed E-state index contributed by atoms with van der Waals surface area (Å²) in [6.45, 7) is 6.40. The molecule has 2 saturated heterocycles. The molecule has 2 aliphatic heterocycles. The molecule has 40 heavy (non-hydrogen) atoms. The van der Waals surface area contributed by atoms with Crippen LogP contribution < -0.4 is 4.74 Å². The first kappa shape index (κ1) is 29.6. The molecule has 0 bridgehead atoms. The van der Waals surface area contributed by atoms with Crippen LogP contribution in [0.1, 0.15) is 68.6 Å². The molecule has 220 valence electrons. The van der Waals surface area contributed by atoms with Gasteiger partial charge in [-0.05, 0) is 80.9 Å².